The summed E-state index contributed by atoms with van der Waals surface area (Å²) in [6.45, 7) is 2.00. The maximum absolute atomic E-state index is 10.6. The fourth-order valence-electron chi connectivity index (χ4n) is 1.30. The number of aliphatic hydroxyl groups excluding tert-OH is 1. The Hall–Kier alpha value is -0.570. The molecule has 1 rings (SSSR count). The smallest absolute Gasteiger partial charge is 0.306 e. The molecular weight excluding hydrogens is 144 g/mol. The SMILES string of the molecule is CCC[C@@H](O)[C@@H]1CCC(=O)O1. The van der Waals surface area contributed by atoms with Crippen LogP contribution in [0.1, 0.15) is 32.6 Å². The summed E-state index contributed by atoms with van der Waals surface area (Å²) >= 11 is 0. The molecule has 3 nitrogen and oxygen atoms in total. The van der Waals surface area contributed by atoms with Gasteiger partial charge < -0.3 is 9.84 Å². The Labute approximate surface area is 66.4 Å². The number of carbonyl (C=O) groups is 1. The van der Waals surface area contributed by atoms with Gasteiger partial charge in [-0.2, -0.15) is 0 Å². The normalized spacial score (nSPS) is 26.7. The maximum atomic E-state index is 10.6. The van der Waals surface area contributed by atoms with Crippen molar-refractivity contribution in [2.45, 2.75) is 44.8 Å². The van der Waals surface area contributed by atoms with Gasteiger partial charge in [-0.15, -0.1) is 0 Å². The fraction of sp³-hybridized carbons (Fsp3) is 0.875. The molecule has 1 aliphatic rings. The highest BCUT2D eigenvalue weighted by Crippen LogP contribution is 2.19. The number of cyclic esters (lactones) is 1. The molecule has 0 unspecified atom stereocenters. The molecule has 0 bridgehead atoms. The topological polar surface area (TPSA) is 46.5 Å². The number of hydrogen-bond acceptors (Lipinski definition) is 3. The summed E-state index contributed by atoms with van der Waals surface area (Å²) in [6.07, 6.45) is 2.10. The van der Waals surface area contributed by atoms with Gasteiger partial charge in [-0.3, -0.25) is 4.79 Å². The average Bonchev–Trinajstić information content (AvgIpc) is 2.36. The lowest BCUT2D eigenvalue weighted by atomic mass is 10.1. The van der Waals surface area contributed by atoms with Gasteiger partial charge in [-0.1, -0.05) is 13.3 Å². The minimum absolute atomic E-state index is 0.176. The van der Waals surface area contributed by atoms with Crippen molar-refractivity contribution in [3.8, 4) is 0 Å². The second-order valence-corrected chi connectivity index (χ2v) is 2.92. The second kappa shape index (κ2) is 3.72. The third-order valence-electron chi connectivity index (χ3n) is 1.93. The molecule has 0 aliphatic carbocycles. The van der Waals surface area contributed by atoms with Crippen LogP contribution in [0, 0.1) is 0 Å². The van der Waals surface area contributed by atoms with Crippen molar-refractivity contribution >= 4 is 5.97 Å². The van der Waals surface area contributed by atoms with Crippen LogP contribution in [0.25, 0.3) is 0 Å². The van der Waals surface area contributed by atoms with Crippen molar-refractivity contribution in [1.82, 2.24) is 0 Å². The Morgan fingerprint density at radius 2 is 2.55 bits per heavy atom. The first-order valence-corrected chi connectivity index (χ1v) is 4.11. The van der Waals surface area contributed by atoms with Gasteiger partial charge in [0.1, 0.15) is 6.10 Å². The quantitative estimate of drug-likeness (QED) is 0.619. The third-order valence-corrected chi connectivity index (χ3v) is 1.93. The molecule has 1 fully saturated rings. The zero-order chi connectivity index (χ0) is 8.27. The summed E-state index contributed by atoms with van der Waals surface area (Å²) in [5.41, 5.74) is 0. The first-order chi connectivity index (χ1) is 5.24. The number of rotatable bonds is 3. The van der Waals surface area contributed by atoms with Crippen LogP contribution >= 0.6 is 0 Å². The van der Waals surface area contributed by atoms with Gasteiger partial charge >= 0.3 is 5.97 Å². The molecule has 0 aromatic rings. The molecule has 2 atom stereocenters. The summed E-state index contributed by atoms with van der Waals surface area (Å²) in [5, 5.41) is 9.39. The number of carbonyl (C=O) groups excluding carboxylic acids is 1. The van der Waals surface area contributed by atoms with E-state index in [2.05, 4.69) is 0 Å². The number of hydrogen-bond donors (Lipinski definition) is 1. The predicted octanol–water partition coefficient (Wildman–Crippen LogP) is 0.853. The fourth-order valence-corrected chi connectivity index (χ4v) is 1.30. The van der Waals surface area contributed by atoms with Crippen LogP contribution < -0.4 is 0 Å². The Bertz CT molecular complexity index is 144. The van der Waals surface area contributed by atoms with Gasteiger partial charge in [0, 0.05) is 6.42 Å². The van der Waals surface area contributed by atoms with Crippen LogP contribution in [0.5, 0.6) is 0 Å². The molecule has 3 heteroatoms. The van der Waals surface area contributed by atoms with E-state index in [1.807, 2.05) is 6.92 Å². The molecule has 1 aliphatic heterocycles. The Balaban J connectivity index is 2.30. The van der Waals surface area contributed by atoms with Gasteiger partial charge in [-0.25, -0.2) is 0 Å². The lowest BCUT2D eigenvalue weighted by molar-refractivity contribution is -0.145. The highest BCUT2D eigenvalue weighted by Gasteiger charge is 2.28. The summed E-state index contributed by atoms with van der Waals surface area (Å²) in [4.78, 5) is 10.6. The van der Waals surface area contributed by atoms with E-state index in [-0.39, 0.29) is 12.1 Å². The van der Waals surface area contributed by atoms with Crippen molar-refractivity contribution in [1.29, 1.82) is 0 Å². The van der Waals surface area contributed by atoms with Crippen LogP contribution in [-0.4, -0.2) is 23.3 Å². The summed E-state index contributed by atoms with van der Waals surface area (Å²) in [5.74, 6) is -0.176. The predicted molar refractivity (Wildman–Crippen MR) is 40.0 cm³/mol. The Kier molecular flexibility index (Phi) is 2.88. The van der Waals surface area contributed by atoms with E-state index >= 15 is 0 Å². The highest BCUT2D eigenvalue weighted by atomic mass is 16.6. The molecule has 0 spiro atoms. The van der Waals surface area contributed by atoms with E-state index < -0.39 is 6.10 Å². The van der Waals surface area contributed by atoms with E-state index in [0.717, 1.165) is 12.8 Å². The molecule has 11 heavy (non-hydrogen) atoms. The summed E-state index contributed by atoms with van der Waals surface area (Å²) in [6, 6.07) is 0. The van der Waals surface area contributed by atoms with Crippen LogP contribution in [0.2, 0.25) is 0 Å². The highest BCUT2D eigenvalue weighted by molar-refractivity contribution is 5.71. The molecule has 0 aromatic heterocycles. The van der Waals surface area contributed by atoms with Gasteiger partial charge in [0.05, 0.1) is 6.10 Å². The van der Waals surface area contributed by atoms with Crippen LogP contribution in [0.15, 0.2) is 0 Å². The van der Waals surface area contributed by atoms with E-state index in [1.54, 1.807) is 0 Å². The molecule has 0 amide bonds. The first kappa shape index (κ1) is 8.53. The van der Waals surface area contributed by atoms with Crippen molar-refractivity contribution in [2.24, 2.45) is 0 Å². The molecule has 0 radical (unpaired) electrons. The molecule has 1 saturated heterocycles. The lowest BCUT2D eigenvalue weighted by Gasteiger charge is -2.15. The molecule has 1 N–H and O–H groups in total. The van der Waals surface area contributed by atoms with Crippen molar-refractivity contribution < 1.29 is 14.6 Å². The van der Waals surface area contributed by atoms with Gasteiger partial charge in [0.25, 0.3) is 0 Å². The van der Waals surface area contributed by atoms with Crippen LogP contribution in [-0.2, 0) is 9.53 Å². The average molecular weight is 158 g/mol. The monoisotopic (exact) mass is 158 g/mol. The largest absolute Gasteiger partial charge is 0.460 e. The Morgan fingerprint density at radius 3 is 3.00 bits per heavy atom. The molecule has 0 aromatic carbocycles. The zero-order valence-electron chi connectivity index (χ0n) is 6.75. The number of aliphatic hydroxyl groups is 1. The minimum Gasteiger partial charge on any atom is -0.460 e. The van der Waals surface area contributed by atoms with E-state index in [0.29, 0.717) is 12.8 Å². The van der Waals surface area contributed by atoms with E-state index in [1.165, 1.54) is 0 Å². The Morgan fingerprint density at radius 1 is 1.82 bits per heavy atom. The maximum Gasteiger partial charge on any atom is 0.306 e. The van der Waals surface area contributed by atoms with Crippen molar-refractivity contribution in [3.63, 3.8) is 0 Å². The van der Waals surface area contributed by atoms with Crippen LogP contribution in [0.4, 0.5) is 0 Å². The standard InChI is InChI=1S/C8H14O3/c1-2-3-6(9)7-4-5-8(10)11-7/h6-7,9H,2-5H2,1H3/t6-,7+/m1/s1. The summed E-state index contributed by atoms with van der Waals surface area (Å²) in [7, 11) is 0. The molecule has 64 valence electrons. The third kappa shape index (κ3) is 2.19. The van der Waals surface area contributed by atoms with Gasteiger partial charge in [0.2, 0.25) is 0 Å². The minimum atomic E-state index is -0.452. The number of esters is 1. The second-order valence-electron chi connectivity index (χ2n) is 2.92. The molecular formula is C8H14O3. The summed E-state index contributed by atoms with van der Waals surface area (Å²) < 4.78 is 4.89. The van der Waals surface area contributed by atoms with E-state index in [9.17, 15) is 9.90 Å². The van der Waals surface area contributed by atoms with Crippen molar-refractivity contribution in [2.75, 3.05) is 0 Å². The van der Waals surface area contributed by atoms with Gasteiger partial charge in [-0.05, 0) is 12.8 Å². The zero-order valence-corrected chi connectivity index (χ0v) is 6.75. The molecule has 1 heterocycles. The van der Waals surface area contributed by atoms with Crippen LogP contribution in [0.3, 0.4) is 0 Å². The first-order valence-electron chi connectivity index (χ1n) is 4.11. The van der Waals surface area contributed by atoms with Gasteiger partial charge in [0.15, 0.2) is 0 Å². The van der Waals surface area contributed by atoms with Crippen molar-refractivity contribution in [3.05, 3.63) is 0 Å². The van der Waals surface area contributed by atoms with E-state index in [4.69, 9.17) is 4.74 Å². The molecule has 0 saturated carbocycles. The lowest BCUT2D eigenvalue weighted by Crippen LogP contribution is -2.25. The number of ether oxygens (including phenoxy) is 1.